The van der Waals surface area contributed by atoms with Crippen LogP contribution in [-0.4, -0.2) is 47.1 Å². The van der Waals surface area contributed by atoms with Crippen molar-refractivity contribution >= 4 is 17.6 Å². The first-order valence-corrected chi connectivity index (χ1v) is 10.3. The lowest BCUT2D eigenvalue weighted by atomic mass is 9.83. The molecular formula is C22H23FN4O3. The van der Waals surface area contributed by atoms with Gasteiger partial charge in [-0.25, -0.2) is 9.18 Å². The van der Waals surface area contributed by atoms with E-state index in [0.29, 0.717) is 31.9 Å². The molecule has 30 heavy (non-hydrogen) atoms. The predicted molar refractivity (Wildman–Crippen MR) is 109 cm³/mol. The van der Waals surface area contributed by atoms with E-state index < -0.39 is 0 Å². The summed E-state index contributed by atoms with van der Waals surface area (Å²) in [7, 11) is 0. The van der Waals surface area contributed by atoms with Gasteiger partial charge in [-0.05, 0) is 42.7 Å². The fourth-order valence-corrected chi connectivity index (χ4v) is 5.00. The number of carbonyl (C=O) groups excluding carboxylic acids is 2. The average molecular weight is 410 g/mol. The Bertz CT molecular complexity index is 1050. The van der Waals surface area contributed by atoms with Gasteiger partial charge in [-0.1, -0.05) is 6.07 Å². The average Bonchev–Trinajstić information content (AvgIpc) is 3.09. The molecule has 0 radical (unpaired) electrons. The van der Waals surface area contributed by atoms with E-state index in [1.165, 1.54) is 12.1 Å². The number of aromatic nitrogens is 1. The molecule has 3 unspecified atom stereocenters. The highest BCUT2D eigenvalue weighted by Gasteiger charge is 2.38. The van der Waals surface area contributed by atoms with Crippen LogP contribution in [0, 0.1) is 11.7 Å². The van der Waals surface area contributed by atoms with Crippen LogP contribution < -0.4 is 15.8 Å². The summed E-state index contributed by atoms with van der Waals surface area (Å²) in [4.78, 5) is 40.9. The topological polar surface area (TPSA) is 74.7 Å². The van der Waals surface area contributed by atoms with Gasteiger partial charge >= 0.3 is 6.03 Å². The third-order valence-electron chi connectivity index (χ3n) is 6.36. The number of anilines is 1. The number of urea groups is 1. The van der Waals surface area contributed by atoms with Crippen LogP contribution in [0.4, 0.5) is 14.9 Å². The van der Waals surface area contributed by atoms with Gasteiger partial charge in [-0.3, -0.25) is 9.59 Å². The highest BCUT2D eigenvalue weighted by Crippen LogP contribution is 2.35. The predicted octanol–water partition coefficient (Wildman–Crippen LogP) is 1.92. The van der Waals surface area contributed by atoms with Crippen LogP contribution in [-0.2, 0) is 11.3 Å². The molecule has 3 atom stereocenters. The molecule has 5 rings (SSSR count). The van der Waals surface area contributed by atoms with E-state index in [1.54, 1.807) is 29.2 Å². The van der Waals surface area contributed by atoms with E-state index in [2.05, 4.69) is 5.32 Å². The maximum absolute atomic E-state index is 13.2. The van der Waals surface area contributed by atoms with Crippen LogP contribution in [0.15, 0.2) is 47.3 Å². The summed E-state index contributed by atoms with van der Waals surface area (Å²) in [6.07, 6.45) is 1.20. The van der Waals surface area contributed by atoms with Crippen molar-refractivity contribution in [1.82, 2.24) is 14.8 Å². The summed E-state index contributed by atoms with van der Waals surface area (Å²) in [6, 6.07) is 10.7. The van der Waals surface area contributed by atoms with Crippen LogP contribution in [0.2, 0.25) is 0 Å². The maximum atomic E-state index is 13.2. The summed E-state index contributed by atoms with van der Waals surface area (Å²) < 4.78 is 15.0. The molecule has 2 saturated heterocycles. The number of rotatable bonds is 2. The lowest BCUT2D eigenvalue weighted by Crippen LogP contribution is -2.53. The lowest BCUT2D eigenvalue weighted by Gasteiger charge is -2.42. The van der Waals surface area contributed by atoms with E-state index in [1.807, 2.05) is 15.5 Å². The zero-order valence-electron chi connectivity index (χ0n) is 16.5. The number of hydrogen-bond donors (Lipinski definition) is 1. The highest BCUT2D eigenvalue weighted by atomic mass is 19.1. The molecular weight excluding hydrogens is 387 g/mol. The first kappa shape index (κ1) is 18.8. The molecule has 1 aromatic heterocycles. The Labute approximate surface area is 173 Å². The molecule has 0 aliphatic carbocycles. The van der Waals surface area contributed by atoms with Crippen LogP contribution >= 0.6 is 0 Å². The number of amides is 3. The number of pyridine rings is 1. The van der Waals surface area contributed by atoms with Crippen molar-refractivity contribution in [2.75, 3.05) is 24.5 Å². The van der Waals surface area contributed by atoms with Crippen LogP contribution in [0.5, 0.6) is 0 Å². The summed E-state index contributed by atoms with van der Waals surface area (Å²) in [5.41, 5.74) is 1.65. The molecule has 2 fully saturated rings. The molecule has 8 heteroatoms. The Morgan fingerprint density at radius 3 is 2.60 bits per heavy atom. The van der Waals surface area contributed by atoms with Crippen molar-refractivity contribution in [2.45, 2.75) is 31.3 Å². The quantitative estimate of drug-likeness (QED) is 0.822. The minimum absolute atomic E-state index is 0.0189. The van der Waals surface area contributed by atoms with Gasteiger partial charge in [0.15, 0.2) is 0 Å². The van der Waals surface area contributed by atoms with Gasteiger partial charge in [0.1, 0.15) is 5.82 Å². The fourth-order valence-electron chi connectivity index (χ4n) is 5.00. The molecule has 7 nitrogen and oxygen atoms in total. The van der Waals surface area contributed by atoms with Crippen molar-refractivity contribution in [2.24, 2.45) is 5.92 Å². The summed E-state index contributed by atoms with van der Waals surface area (Å²) in [5, 5.41) is 3.00. The van der Waals surface area contributed by atoms with E-state index in [0.717, 1.165) is 12.1 Å². The van der Waals surface area contributed by atoms with Crippen molar-refractivity contribution in [3.8, 4) is 0 Å². The van der Waals surface area contributed by atoms with Crippen molar-refractivity contribution in [3.05, 3.63) is 64.3 Å². The van der Waals surface area contributed by atoms with E-state index in [9.17, 15) is 18.8 Å². The number of carbonyl (C=O) groups is 2. The van der Waals surface area contributed by atoms with Crippen molar-refractivity contribution in [1.29, 1.82) is 0 Å². The Balaban J connectivity index is 1.25. The normalized spacial score (nSPS) is 25.2. The van der Waals surface area contributed by atoms with Gasteiger partial charge in [0, 0.05) is 56.0 Å². The molecule has 3 amide bonds. The minimum Gasteiger partial charge on any atom is -0.333 e. The van der Waals surface area contributed by atoms with Gasteiger partial charge in [-0.2, -0.15) is 0 Å². The van der Waals surface area contributed by atoms with Gasteiger partial charge < -0.3 is 19.7 Å². The Hall–Kier alpha value is -3.16. The van der Waals surface area contributed by atoms with E-state index in [4.69, 9.17) is 0 Å². The molecule has 156 valence electrons. The Kier molecular flexibility index (Phi) is 4.56. The summed E-state index contributed by atoms with van der Waals surface area (Å²) >= 11 is 0. The molecule has 4 heterocycles. The molecule has 3 aliphatic rings. The summed E-state index contributed by atoms with van der Waals surface area (Å²) in [5.74, 6) is -0.0356. The second kappa shape index (κ2) is 7.27. The first-order chi connectivity index (χ1) is 14.5. The molecule has 1 aromatic carbocycles. The largest absolute Gasteiger partial charge is 0.333 e. The lowest BCUT2D eigenvalue weighted by molar-refractivity contribution is -0.117. The number of benzene rings is 1. The smallest absolute Gasteiger partial charge is 0.317 e. The molecule has 1 N–H and O–H groups in total. The minimum atomic E-state index is -0.352. The standard InChI is InChI=1S/C22H23FN4O3/c23-16-4-6-18(7-5-16)26-13-17(9-21(26)29)24-22(30)25-10-14-8-15(12-25)19-2-1-3-20(28)27(19)11-14/h1-7,14-15,17H,8-13H2,(H,24,30). The van der Waals surface area contributed by atoms with E-state index >= 15 is 0 Å². The van der Waals surface area contributed by atoms with Gasteiger partial charge in [0.25, 0.3) is 5.56 Å². The Morgan fingerprint density at radius 1 is 1.00 bits per heavy atom. The number of nitrogens with zero attached hydrogens (tertiary/aromatic N) is 3. The first-order valence-electron chi connectivity index (χ1n) is 10.3. The molecule has 2 aromatic rings. The second-order valence-electron chi connectivity index (χ2n) is 8.43. The number of fused-ring (bicyclic) bond motifs is 4. The van der Waals surface area contributed by atoms with Crippen LogP contribution in [0.25, 0.3) is 0 Å². The van der Waals surface area contributed by atoms with Crippen LogP contribution in [0.3, 0.4) is 0 Å². The van der Waals surface area contributed by atoms with Gasteiger partial charge in [0.05, 0.1) is 6.04 Å². The SMILES string of the molecule is O=C(NC1CC(=O)N(c2ccc(F)cc2)C1)N1CC2CC(C1)c1cccc(=O)n1C2. The molecule has 0 spiro atoms. The summed E-state index contributed by atoms with van der Waals surface area (Å²) in [6.45, 7) is 2.17. The number of nitrogens with one attached hydrogen (secondary N) is 1. The third kappa shape index (κ3) is 3.36. The second-order valence-corrected chi connectivity index (χ2v) is 8.43. The number of hydrogen-bond acceptors (Lipinski definition) is 3. The Morgan fingerprint density at radius 2 is 1.80 bits per heavy atom. The number of halogens is 1. The number of piperidine rings is 1. The third-order valence-corrected chi connectivity index (χ3v) is 6.36. The number of likely N-dealkylation sites (tertiary alicyclic amines) is 1. The fraction of sp³-hybridized carbons (Fsp3) is 0.409. The van der Waals surface area contributed by atoms with Crippen molar-refractivity contribution in [3.63, 3.8) is 0 Å². The van der Waals surface area contributed by atoms with E-state index in [-0.39, 0.29) is 47.6 Å². The zero-order valence-corrected chi connectivity index (χ0v) is 16.5. The van der Waals surface area contributed by atoms with Crippen molar-refractivity contribution < 1.29 is 14.0 Å². The van der Waals surface area contributed by atoms with Gasteiger partial charge in [-0.15, -0.1) is 0 Å². The molecule has 2 bridgehead atoms. The maximum Gasteiger partial charge on any atom is 0.317 e. The molecule has 3 aliphatic heterocycles. The monoisotopic (exact) mass is 410 g/mol. The zero-order chi connectivity index (χ0) is 20.8. The van der Waals surface area contributed by atoms with Crippen LogP contribution in [0.1, 0.15) is 24.5 Å². The highest BCUT2D eigenvalue weighted by molar-refractivity contribution is 5.96. The van der Waals surface area contributed by atoms with Gasteiger partial charge in [0.2, 0.25) is 5.91 Å². The molecule has 0 saturated carbocycles.